The third-order valence-corrected chi connectivity index (χ3v) is 2.49. The molecule has 1 aromatic rings. The number of carboxylic acid groups (broad SMARTS) is 1. The van der Waals surface area contributed by atoms with Crippen LogP contribution in [0.3, 0.4) is 0 Å². The van der Waals surface area contributed by atoms with Crippen molar-refractivity contribution in [2.45, 2.75) is 25.3 Å². The van der Waals surface area contributed by atoms with Crippen LogP contribution >= 0.6 is 0 Å². The van der Waals surface area contributed by atoms with Gasteiger partial charge < -0.3 is 10.4 Å². The molecule has 82 valence electrons. The average molecular weight is 207 g/mol. The molecule has 2 rings (SSSR count). The van der Waals surface area contributed by atoms with Gasteiger partial charge in [-0.25, -0.2) is 0 Å². The van der Waals surface area contributed by atoms with E-state index in [0.717, 1.165) is 6.04 Å². The summed E-state index contributed by atoms with van der Waals surface area (Å²) in [5, 5.41) is 10.4. The van der Waals surface area contributed by atoms with Gasteiger partial charge in [-0.2, -0.15) is 0 Å². The molecule has 1 heterocycles. The molecule has 1 aliphatic rings. The van der Waals surface area contributed by atoms with E-state index in [9.17, 15) is 0 Å². The minimum atomic E-state index is -0.250. The van der Waals surface area contributed by atoms with Crippen molar-refractivity contribution in [3.63, 3.8) is 0 Å². The Morgan fingerprint density at radius 2 is 2.07 bits per heavy atom. The summed E-state index contributed by atoms with van der Waals surface area (Å²) in [6, 6.07) is 11.5. The molecule has 2 N–H and O–H groups in total. The first-order chi connectivity index (χ1) is 7.36. The maximum Gasteiger partial charge on any atom is 0.290 e. The zero-order valence-corrected chi connectivity index (χ0v) is 8.73. The molecule has 0 amide bonds. The summed E-state index contributed by atoms with van der Waals surface area (Å²) in [4.78, 5) is 8.36. The van der Waals surface area contributed by atoms with E-state index >= 15 is 0 Å². The molecule has 0 radical (unpaired) electrons. The Hall–Kier alpha value is -1.35. The average Bonchev–Trinajstić information content (AvgIpc) is 2.73. The molecule has 1 fully saturated rings. The molecule has 0 aliphatic carbocycles. The SMILES string of the molecule is O=CO.c1ccc(CC2CCCN2)cc1. The first kappa shape index (κ1) is 11.7. The first-order valence-corrected chi connectivity index (χ1v) is 5.22. The summed E-state index contributed by atoms with van der Waals surface area (Å²) in [5.74, 6) is 0. The predicted octanol–water partition coefficient (Wildman–Crippen LogP) is 1.68. The first-order valence-electron chi connectivity index (χ1n) is 5.22. The van der Waals surface area contributed by atoms with Crippen LogP contribution < -0.4 is 5.32 Å². The van der Waals surface area contributed by atoms with Gasteiger partial charge in [0.15, 0.2) is 0 Å². The largest absolute Gasteiger partial charge is 0.483 e. The van der Waals surface area contributed by atoms with Crippen LogP contribution in [-0.4, -0.2) is 24.2 Å². The van der Waals surface area contributed by atoms with Crippen LogP contribution in [0, 0.1) is 0 Å². The quantitative estimate of drug-likeness (QED) is 0.725. The van der Waals surface area contributed by atoms with Gasteiger partial charge in [-0.1, -0.05) is 30.3 Å². The summed E-state index contributed by atoms with van der Waals surface area (Å²) < 4.78 is 0. The predicted molar refractivity (Wildman–Crippen MR) is 59.9 cm³/mol. The van der Waals surface area contributed by atoms with Crippen molar-refractivity contribution in [2.75, 3.05) is 6.54 Å². The number of carbonyl (C=O) groups is 1. The van der Waals surface area contributed by atoms with E-state index in [1.54, 1.807) is 0 Å². The van der Waals surface area contributed by atoms with E-state index < -0.39 is 0 Å². The van der Waals surface area contributed by atoms with E-state index in [4.69, 9.17) is 9.90 Å². The Balaban J connectivity index is 0.000000337. The lowest BCUT2D eigenvalue weighted by molar-refractivity contribution is -0.122. The molecule has 0 saturated carbocycles. The van der Waals surface area contributed by atoms with E-state index in [1.807, 2.05) is 0 Å². The molecule has 3 nitrogen and oxygen atoms in total. The van der Waals surface area contributed by atoms with Crippen LogP contribution in [-0.2, 0) is 11.2 Å². The minimum absolute atomic E-state index is 0.250. The van der Waals surface area contributed by atoms with Crippen molar-refractivity contribution < 1.29 is 9.90 Å². The lowest BCUT2D eigenvalue weighted by atomic mass is 10.1. The molecule has 1 unspecified atom stereocenters. The lowest BCUT2D eigenvalue weighted by Gasteiger charge is -2.08. The fourth-order valence-corrected chi connectivity index (χ4v) is 1.83. The topological polar surface area (TPSA) is 49.3 Å². The van der Waals surface area contributed by atoms with Crippen molar-refractivity contribution >= 4 is 6.47 Å². The number of hydrogen-bond acceptors (Lipinski definition) is 2. The van der Waals surface area contributed by atoms with Crippen LogP contribution in [0.5, 0.6) is 0 Å². The van der Waals surface area contributed by atoms with Crippen molar-refractivity contribution in [1.29, 1.82) is 0 Å². The van der Waals surface area contributed by atoms with Crippen molar-refractivity contribution in [3.8, 4) is 0 Å². The van der Waals surface area contributed by atoms with Crippen LogP contribution in [0.4, 0.5) is 0 Å². The molecule has 0 spiro atoms. The second-order valence-corrected chi connectivity index (χ2v) is 3.59. The Morgan fingerprint density at radius 3 is 2.60 bits per heavy atom. The van der Waals surface area contributed by atoms with Gasteiger partial charge in [0.2, 0.25) is 0 Å². The summed E-state index contributed by atoms with van der Waals surface area (Å²) >= 11 is 0. The number of rotatable bonds is 2. The van der Waals surface area contributed by atoms with Crippen LogP contribution in [0.25, 0.3) is 0 Å². The zero-order chi connectivity index (χ0) is 10.9. The van der Waals surface area contributed by atoms with E-state index in [2.05, 4.69) is 35.6 Å². The van der Waals surface area contributed by atoms with Gasteiger partial charge in [0, 0.05) is 6.04 Å². The summed E-state index contributed by atoms with van der Waals surface area (Å²) in [7, 11) is 0. The van der Waals surface area contributed by atoms with Gasteiger partial charge in [0.25, 0.3) is 6.47 Å². The van der Waals surface area contributed by atoms with Crippen molar-refractivity contribution in [3.05, 3.63) is 35.9 Å². The highest BCUT2D eigenvalue weighted by Crippen LogP contribution is 2.11. The summed E-state index contributed by atoms with van der Waals surface area (Å²) in [5.41, 5.74) is 1.46. The number of hydrogen-bond donors (Lipinski definition) is 2. The molecule has 15 heavy (non-hydrogen) atoms. The third kappa shape index (κ3) is 4.61. The van der Waals surface area contributed by atoms with Crippen LogP contribution in [0.2, 0.25) is 0 Å². The Bertz CT molecular complexity index is 268. The van der Waals surface area contributed by atoms with Gasteiger partial charge in [-0.3, -0.25) is 4.79 Å². The van der Waals surface area contributed by atoms with Crippen LogP contribution in [0.1, 0.15) is 18.4 Å². The molecule has 1 aromatic carbocycles. The Labute approximate surface area is 90.1 Å². The van der Waals surface area contributed by atoms with Gasteiger partial charge in [-0.05, 0) is 31.4 Å². The van der Waals surface area contributed by atoms with E-state index in [1.165, 1.54) is 31.4 Å². The molecular weight excluding hydrogens is 190 g/mol. The molecule has 0 aromatic heterocycles. The lowest BCUT2D eigenvalue weighted by Crippen LogP contribution is -2.23. The van der Waals surface area contributed by atoms with Gasteiger partial charge in [0.05, 0.1) is 0 Å². The van der Waals surface area contributed by atoms with Crippen LogP contribution in [0.15, 0.2) is 30.3 Å². The van der Waals surface area contributed by atoms with Crippen molar-refractivity contribution in [1.82, 2.24) is 5.32 Å². The highest BCUT2D eigenvalue weighted by molar-refractivity contribution is 5.32. The maximum atomic E-state index is 8.36. The molecule has 1 saturated heterocycles. The fourth-order valence-electron chi connectivity index (χ4n) is 1.83. The standard InChI is InChI=1S/C11H15N.CH2O2/c1-2-5-10(6-3-1)9-11-7-4-8-12-11;2-1-3/h1-3,5-6,11-12H,4,7-9H2;1H,(H,2,3). The maximum absolute atomic E-state index is 8.36. The second-order valence-electron chi connectivity index (χ2n) is 3.59. The molecule has 1 aliphatic heterocycles. The van der Waals surface area contributed by atoms with Gasteiger partial charge >= 0.3 is 0 Å². The summed E-state index contributed by atoms with van der Waals surface area (Å²) in [6.07, 6.45) is 3.88. The molecule has 3 heteroatoms. The number of benzene rings is 1. The van der Waals surface area contributed by atoms with Gasteiger partial charge in [-0.15, -0.1) is 0 Å². The Kier molecular flexibility index (Phi) is 5.48. The fraction of sp³-hybridized carbons (Fsp3) is 0.417. The second kappa shape index (κ2) is 7.01. The van der Waals surface area contributed by atoms with E-state index in [0.29, 0.717) is 0 Å². The number of nitrogens with one attached hydrogen (secondary N) is 1. The Morgan fingerprint density at radius 1 is 1.40 bits per heavy atom. The summed E-state index contributed by atoms with van der Waals surface area (Å²) in [6.45, 7) is 0.956. The third-order valence-electron chi connectivity index (χ3n) is 2.49. The molecular formula is C12H17NO2. The zero-order valence-electron chi connectivity index (χ0n) is 8.73. The normalized spacial score (nSPS) is 19.1. The molecule has 1 atom stereocenters. The highest BCUT2D eigenvalue weighted by atomic mass is 16.3. The van der Waals surface area contributed by atoms with E-state index in [-0.39, 0.29) is 6.47 Å². The highest BCUT2D eigenvalue weighted by Gasteiger charge is 2.13. The minimum Gasteiger partial charge on any atom is -0.483 e. The smallest absolute Gasteiger partial charge is 0.290 e. The van der Waals surface area contributed by atoms with Crippen molar-refractivity contribution in [2.24, 2.45) is 0 Å². The monoisotopic (exact) mass is 207 g/mol. The van der Waals surface area contributed by atoms with Gasteiger partial charge in [0.1, 0.15) is 0 Å². The molecule has 0 bridgehead atoms.